The molecule has 80 valence electrons. The lowest BCUT2D eigenvalue weighted by Crippen LogP contribution is -2.39. The maximum atomic E-state index is 3.79. The van der Waals surface area contributed by atoms with Crippen molar-refractivity contribution in [2.75, 3.05) is 0 Å². The van der Waals surface area contributed by atoms with E-state index < -0.39 is 0 Å². The van der Waals surface area contributed by atoms with E-state index in [9.17, 15) is 0 Å². The number of allylic oxidation sites excluding steroid dienone is 1. The molecule has 0 amide bonds. The molecule has 0 aromatic carbocycles. The highest BCUT2D eigenvalue weighted by Crippen LogP contribution is 2.21. The van der Waals surface area contributed by atoms with Crippen LogP contribution in [-0.4, -0.2) is 12.1 Å². The molecule has 0 spiro atoms. The topological polar surface area (TPSA) is 12.0 Å². The molecular formula is C13H23N. The maximum absolute atomic E-state index is 3.79. The zero-order chi connectivity index (χ0) is 9.80. The Balaban J connectivity index is 1.76. The van der Waals surface area contributed by atoms with Crippen LogP contribution in [-0.2, 0) is 0 Å². The van der Waals surface area contributed by atoms with E-state index in [1.165, 1.54) is 44.9 Å². The average Bonchev–Trinajstić information content (AvgIpc) is 2.23. The Hall–Kier alpha value is -0.300. The Morgan fingerprint density at radius 1 is 0.929 bits per heavy atom. The van der Waals surface area contributed by atoms with Crippen LogP contribution in [0.4, 0.5) is 0 Å². The van der Waals surface area contributed by atoms with Gasteiger partial charge in [0.2, 0.25) is 0 Å². The summed E-state index contributed by atoms with van der Waals surface area (Å²) in [4.78, 5) is 0. The average molecular weight is 193 g/mol. The number of hydrogen-bond donors (Lipinski definition) is 1. The third-order valence-corrected chi connectivity index (χ3v) is 3.66. The predicted octanol–water partition coefficient (Wildman–Crippen LogP) is 3.26. The van der Waals surface area contributed by atoms with Crippen molar-refractivity contribution in [3.63, 3.8) is 0 Å². The highest BCUT2D eigenvalue weighted by Gasteiger charge is 2.18. The van der Waals surface area contributed by atoms with Gasteiger partial charge in [-0.2, -0.15) is 0 Å². The first kappa shape index (κ1) is 10.2. The monoisotopic (exact) mass is 193 g/mol. The van der Waals surface area contributed by atoms with Crippen molar-refractivity contribution in [1.29, 1.82) is 0 Å². The highest BCUT2D eigenvalue weighted by molar-refractivity contribution is 5.01. The molecule has 2 atom stereocenters. The van der Waals surface area contributed by atoms with Gasteiger partial charge in [0.15, 0.2) is 0 Å². The Morgan fingerprint density at radius 2 is 1.71 bits per heavy atom. The van der Waals surface area contributed by atoms with Crippen LogP contribution in [0.25, 0.3) is 0 Å². The molecule has 14 heavy (non-hydrogen) atoms. The van der Waals surface area contributed by atoms with Crippen LogP contribution in [0.5, 0.6) is 0 Å². The fourth-order valence-electron chi connectivity index (χ4n) is 2.67. The third-order valence-electron chi connectivity index (χ3n) is 3.66. The summed E-state index contributed by atoms with van der Waals surface area (Å²) in [5.74, 6) is 0.805. The summed E-state index contributed by atoms with van der Waals surface area (Å²) in [6, 6.07) is 1.49. The van der Waals surface area contributed by atoms with Gasteiger partial charge in [0.25, 0.3) is 0 Å². The lowest BCUT2D eigenvalue weighted by Gasteiger charge is -2.29. The molecule has 0 bridgehead atoms. The van der Waals surface area contributed by atoms with E-state index >= 15 is 0 Å². The molecular weight excluding hydrogens is 170 g/mol. The van der Waals surface area contributed by atoms with Crippen LogP contribution in [0, 0.1) is 5.92 Å². The number of rotatable bonds is 2. The van der Waals surface area contributed by atoms with Crippen molar-refractivity contribution in [3.8, 4) is 0 Å². The fraction of sp³-hybridized carbons (Fsp3) is 0.846. The largest absolute Gasteiger partial charge is 0.308 e. The molecule has 0 aromatic heterocycles. The van der Waals surface area contributed by atoms with Gasteiger partial charge in [0, 0.05) is 12.1 Å². The Morgan fingerprint density at radius 3 is 2.36 bits per heavy atom. The lowest BCUT2D eigenvalue weighted by molar-refractivity contribution is 0.337. The summed E-state index contributed by atoms with van der Waals surface area (Å²) < 4.78 is 0. The summed E-state index contributed by atoms with van der Waals surface area (Å²) in [5.41, 5.74) is 0. The van der Waals surface area contributed by atoms with E-state index in [-0.39, 0.29) is 0 Å². The first-order valence-electron chi connectivity index (χ1n) is 6.29. The van der Waals surface area contributed by atoms with Gasteiger partial charge in [-0.1, -0.05) is 38.3 Å². The Kier molecular flexibility index (Phi) is 3.63. The molecule has 0 saturated heterocycles. The van der Waals surface area contributed by atoms with Crippen molar-refractivity contribution in [1.82, 2.24) is 5.32 Å². The number of nitrogens with one attached hydrogen (secondary N) is 1. The van der Waals surface area contributed by atoms with E-state index in [2.05, 4.69) is 24.4 Å². The predicted molar refractivity (Wildman–Crippen MR) is 61.3 cm³/mol. The second-order valence-electron chi connectivity index (χ2n) is 5.05. The molecule has 0 radical (unpaired) electrons. The highest BCUT2D eigenvalue weighted by atomic mass is 14.9. The van der Waals surface area contributed by atoms with Crippen LogP contribution in [0.15, 0.2) is 12.2 Å². The van der Waals surface area contributed by atoms with Crippen LogP contribution in [0.2, 0.25) is 0 Å². The smallest absolute Gasteiger partial charge is 0.0252 e. The molecule has 2 aliphatic carbocycles. The van der Waals surface area contributed by atoms with E-state index in [0.29, 0.717) is 6.04 Å². The van der Waals surface area contributed by atoms with Crippen molar-refractivity contribution >= 4 is 0 Å². The Labute approximate surface area is 88.0 Å². The van der Waals surface area contributed by atoms with Crippen LogP contribution < -0.4 is 5.32 Å². The minimum Gasteiger partial charge on any atom is -0.308 e. The van der Waals surface area contributed by atoms with Crippen molar-refractivity contribution in [2.24, 2.45) is 5.92 Å². The van der Waals surface area contributed by atoms with Crippen LogP contribution in [0.3, 0.4) is 0 Å². The standard InChI is InChI=1S/C13H23N/c1-11-7-9-13(10-8-11)14-12-5-3-2-4-6-12/h7,9,11-14H,2-6,8,10H2,1H3. The van der Waals surface area contributed by atoms with Gasteiger partial charge in [-0.05, 0) is 31.6 Å². The quantitative estimate of drug-likeness (QED) is 0.664. The van der Waals surface area contributed by atoms with Crippen molar-refractivity contribution in [2.45, 2.75) is 64.0 Å². The summed E-state index contributed by atoms with van der Waals surface area (Å²) in [6.07, 6.45) is 14.6. The molecule has 0 aliphatic heterocycles. The zero-order valence-electron chi connectivity index (χ0n) is 9.34. The van der Waals surface area contributed by atoms with Gasteiger partial charge in [0.05, 0.1) is 0 Å². The fourth-order valence-corrected chi connectivity index (χ4v) is 2.67. The first-order valence-corrected chi connectivity index (χ1v) is 6.29. The Bertz CT molecular complexity index is 191. The minimum absolute atomic E-state index is 0.675. The molecule has 2 unspecified atom stereocenters. The SMILES string of the molecule is CC1C=CC(NC2CCCCC2)CC1. The molecule has 1 fully saturated rings. The van der Waals surface area contributed by atoms with Gasteiger partial charge in [-0.15, -0.1) is 0 Å². The number of hydrogen-bond acceptors (Lipinski definition) is 1. The van der Waals surface area contributed by atoms with Crippen LogP contribution >= 0.6 is 0 Å². The van der Waals surface area contributed by atoms with E-state index in [0.717, 1.165) is 12.0 Å². The molecule has 1 nitrogen and oxygen atoms in total. The summed E-state index contributed by atoms with van der Waals surface area (Å²) in [7, 11) is 0. The molecule has 1 heteroatoms. The van der Waals surface area contributed by atoms with Gasteiger partial charge >= 0.3 is 0 Å². The summed E-state index contributed by atoms with van der Waals surface area (Å²) in [5, 5.41) is 3.79. The van der Waals surface area contributed by atoms with E-state index in [1.54, 1.807) is 0 Å². The molecule has 1 saturated carbocycles. The van der Waals surface area contributed by atoms with Gasteiger partial charge < -0.3 is 5.32 Å². The molecule has 1 N–H and O–H groups in total. The van der Waals surface area contributed by atoms with Crippen molar-refractivity contribution < 1.29 is 0 Å². The van der Waals surface area contributed by atoms with Gasteiger partial charge in [-0.25, -0.2) is 0 Å². The molecule has 2 rings (SSSR count). The normalized spacial score (nSPS) is 34.6. The summed E-state index contributed by atoms with van der Waals surface area (Å²) in [6.45, 7) is 2.31. The maximum Gasteiger partial charge on any atom is 0.0252 e. The van der Waals surface area contributed by atoms with Gasteiger partial charge in [0.1, 0.15) is 0 Å². The summed E-state index contributed by atoms with van der Waals surface area (Å²) >= 11 is 0. The zero-order valence-corrected chi connectivity index (χ0v) is 9.34. The van der Waals surface area contributed by atoms with E-state index in [1.807, 2.05) is 0 Å². The lowest BCUT2D eigenvalue weighted by atomic mass is 9.91. The van der Waals surface area contributed by atoms with Crippen molar-refractivity contribution in [3.05, 3.63) is 12.2 Å². The molecule has 0 heterocycles. The first-order chi connectivity index (χ1) is 6.84. The molecule has 2 aliphatic rings. The second-order valence-corrected chi connectivity index (χ2v) is 5.05. The molecule has 0 aromatic rings. The second kappa shape index (κ2) is 4.97. The van der Waals surface area contributed by atoms with Gasteiger partial charge in [-0.3, -0.25) is 0 Å². The van der Waals surface area contributed by atoms with Crippen LogP contribution in [0.1, 0.15) is 51.9 Å². The minimum atomic E-state index is 0.675. The third kappa shape index (κ3) is 2.84. The van der Waals surface area contributed by atoms with E-state index in [4.69, 9.17) is 0 Å².